The molecule has 4 heterocycles. The van der Waals surface area contributed by atoms with Crippen molar-refractivity contribution in [2.75, 3.05) is 18.1 Å². The van der Waals surface area contributed by atoms with Crippen molar-refractivity contribution in [1.82, 2.24) is 35.0 Å². The van der Waals surface area contributed by atoms with E-state index in [-0.39, 0.29) is 18.1 Å². The van der Waals surface area contributed by atoms with E-state index in [0.29, 0.717) is 16.5 Å². The summed E-state index contributed by atoms with van der Waals surface area (Å²) in [5.41, 5.74) is 0.450. The maximum atomic E-state index is 13.0. The largest absolute Gasteiger partial charge is 0.477 e. The third-order valence-electron chi connectivity index (χ3n) is 5.19. The molecule has 2 aromatic rings. The summed E-state index contributed by atoms with van der Waals surface area (Å²) in [6.07, 6.45) is 3.10. The predicted octanol–water partition coefficient (Wildman–Crippen LogP) is -0.353. The molecule has 1 fully saturated rings. The van der Waals surface area contributed by atoms with E-state index < -0.39 is 41.2 Å². The van der Waals surface area contributed by atoms with Crippen molar-refractivity contribution in [3.8, 4) is 0 Å². The topological polar surface area (TPSA) is 162 Å². The van der Waals surface area contributed by atoms with Crippen molar-refractivity contribution in [3.63, 3.8) is 0 Å². The lowest BCUT2D eigenvalue weighted by Gasteiger charge is -2.49. The number of esters is 1. The van der Waals surface area contributed by atoms with Crippen LogP contribution in [0.25, 0.3) is 0 Å². The lowest BCUT2D eigenvalue weighted by Crippen LogP contribution is -2.71. The number of rotatable bonds is 9. The van der Waals surface area contributed by atoms with Gasteiger partial charge in [0.1, 0.15) is 17.1 Å². The number of tetrazole rings is 1. The molecule has 2 aromatic heterocycles. The van der Waals surface area contributed by atoms with Crippen LogP contribution in [0.2, 0.25) is 0 Å². The van der Waals surface area contributed by atoms with E-state index in [1.54, 1.807) is 38.5 Å². The molecule has 0 radical (unpaired) electrons. The van der Waals surface area contributed by atoms with Gasteiger partial charge >= 0.3 is 11.9 Å². The molecule has 4 rings (SSSR count). The van der Waals surface area contributed by atoms with Crippen molar-refractivity contribution in [3.05, 3.63) is 35.8 Å². The number of carbonyl (C=O) groups excluding carboxylic acids is 3. The number of carboxylic acid groups (broad SMARTS) is 1. The number of ether oxygens (including phenoxy) is 1. The van der Waals surface area contributed by atoms with Crippen LogP contribution < -0.4 is 5.32 Å². The highest BCUT2D eigenvalue weighted by atomic mass is 32.2. The molecule has 1 saturated heterocycles. The fourth-order valence-corrected chi connectivity index (χ4v) is 5.96. The molecule has 15 heteroatoms. The second-order valence-electron chi connectivity index (χ2n) is 7.31. The molecule has 3 unspecified atom stereocenters. The van der Waals surface area contributed by atoms with Gasteiger partial charge in [-0.25, -0.2) is 14.3 Å². The van der Waals surface area contributed by atoms with Gasteiger partial charge in [-0.05, 0) is 35.1 Å². The van der Waals surface area contributed by atoms with Gasteiger partial charge in [-0.2, -0.15) is 0 Å². The molecule has 0 aliphatic carbocycles. The molecule has 0 aromatic carbocycles. The van der Waals surface area contributed by atoms with Crippen molar-refractivity contribution in [2.24, 2.45) is 7.05 Å². The van der Waals surface area contributed by atoms with Crippen LogP contribution in [0.3, 0.4) is 0 Å². The highest BCUT2D eigenvalue weighted by Crippen LogP contribution is 2.41. The van der Waals surface area contributed by atoms with Crippen LogP contribution in [-0.4, -0.2) is 88.1 Å². The normalized spacial score (nSPS) is 20.4. The average molecular weight is 508 g/mol. The minimum atomic E-state index is -1.30. The summed E-state index contributed by atoms with van der Waals surface area (Å²) in [4.78, 5) is 51.5. The molecule has 2 aliphatic rings. The summed E-state index contributed by atoms with van der Waals surface area (Å²) >= 11 is 2.60. The number of fused-ring (bicyclic) bond motifs is 1. The minimum Gasteiger partial charge on any atom is -0.477 e. The number of aliphatic carboxylic acids is 1. The first-order valence-electron chi connectivity index (χ1n) is 10.2. The van der Waals surface area contributed by atoms with E-state index in [1.165, 1.54) is 37.7 Å². The Morgan fingerprint density at radius 1 is 1.35 bits per heavy atom. The highest BCUT2D eigenvalue weighted by molar-refractivity contribution is 8.01. The first-order chi connectivity index (χ1) is 16.3. The van der Waals surface area contributed by atoms with E-state index in [2.05, 4.69) is 20.8 Å². The first-order valence-corrected chi connectivity index (χ1v) is 12.2. The Morgan fingerprint density at radius 2 is 2.09 bits per heavy atom. The molecule has 34 heavy (non-hydrogen) atoms. The second kappa shape index (κ2) is 9.89. The molecule has 13 nitrogen and oxygen atoms in total. The molecule has 0 spiro atoms. The van der Waals surface area contributed by atoms with Crippen molar-refractivity contribution < 1.29 is 29.0 Å². The quantitative estimate of drug-likeness (QED) is 0.197. The first kappa shape index (κ1) is 23.8. The Hall–Kier alpha value is -3.33. The van der Waals surface area contributed by atoms with Gasteiger partial charge in [0.15, 0.2) is 0 Å². The molecule has 0 saturated carbocycles. The van der Waals surface area contributed by atoms with Gasteiger partial charge in [-0.3, -0.25) is 14.5 Å². The SMILES string of the molecule is CCOC(=O)C(C(=O)NC1C(=O)N2C(C(=O)O)=C(CSc3nnnn3C)CSC12)n1cccc1. The van der Waals surface area contributed by atoms with E-state index in [1.807, 2.05) is 0 Å². The molecule has 180 valence electrons. The minimum absolute atomic E-state index is 0.0937. The van der Waals surface area contributed by atoms with Crippen LogP contribution in [-0.2, 0) is 31.0 Å². The fourth-order valence-electron chi connectivity index (χ4n) is 3.63. The molecule has 2 amide bonds. The Morgan fingerprint density at radius 3 is 2.71 bits per heavy atom. The number of aryl methyl sites for hydroxylation is 1. The molecule has 2 N–H and O–H groups in total. The average Bonchev–Trinajstić information content (AvgIpc) is 3.47. The summed E-state index contributed by atoms with van der Waals surface area (Å²) in [7, 11) is 1.67. The van der Waals surface area contributed by atoms with Gasteiger partial charge < -0.3 is 19.7 Å². The number of thioether (sulfide) groups is 2. The van der Waals surface area contributed by atoms with Gasteiger partial charge in [0.05, 0.1) is 6.61 Å². The molecular formula is C19H21N7O6S2. The molecular weight excluding hydrogens is 486 g/mol. The fraction of sp³-hybridized carbons (Fsp3) is 0.421. The van der Waals surface area contributed by atoms with Crippen LogP contribution in [0.1, 0.15) is 13.0 Å². The number of nitrogens with zero attached hydrogens (tertiary/aromatic N) is 6. The zero-order valence-corrected chi connectivity index (χ0v) is 19.8. The van der Waals surface area contributed by atoms with E-state index >= 15 is 0 Å². The summed E-state index contributed by atoms with van der Waals surface area (Å²) in [6.45, 7) is 1.72. The number of carboxylic acids is 1. The number of nitrogens with one attached hydrogen (secondary N) is 1. The molecule has 2 aliphatic heterocycles. The standard InChI is InChI=1S/C19H21N7O6S2/c1-3-32-18(31)13(25-6-4-5-7-25)14(27)20-11-15(28)26-12(17(29)30)10(8-33-16(11)26)9-34-19-21-22-23-24(19)2/h4-7,11,13,16H,3,8-9H2,1-2H3,(H,20,27)(H,29,30). The Balaban J connectivity index is 1.49. The third-order valence-corrected chi connectivity index (χ3v) is 7.62. The van der Waals surface area contributed by atoms with Crippen molar-refractivity contribution in [1.29, 1.82) is 0 Å². The van der Waals surface area contributed by atoms with Gasteiger partial charge in [0, 0.05) is 30.9 Å². The van der Waals surface area contributed by atoms with Gasteiger partial charge in [0.2, 0.25) is 11.2 Å². The highest BCUT2D eigenvalue weighted by Gasteiger charge is 2.54. The van der Waals surface area contributed by atoms with Crippen molar-refractivity contribution >= 4 is 47.3 Å². The van der Waals surface area contributed by atoms with Gasteiger partial charge in [0.25, 0.3) is 11.8 Å². The third kappa shape index (κ3) is 4.40. The number of β-lactam (4-membered cyclic amide) rings is 1. The zero-order chi connectivity index (χ0) is 24.4. The van der Waals surface area contributed by atoms with Gasteiger partial charge in [-0.1, -0.05) is 11.8 Å². The smallest absolute Gasteiger partial charge is 0.352 e. The lowest BCUT2D eigenvalue weighted by atomic mass is 10.0. The number of hydrogen-bond donors (Lipinski definition) is 2. The second-order valence-corrected chi connectivity index (χ2v) is 9.36. The summed E-state index contributed by atoms with van der Waals surface area (Å²) in [6, 6.07) is 1.06. The van der Waals surface area contributed by atoms with E-state index in [4.69, 9.17) is 4.74 Å². The van der Waals surface area contributed by atoms with Crippen LogP contribution >= 0.6 is 23.5 Å². The van der Waals surface area contributed by atoms with Crippen LogP contribution in [0, 0.1) is 0 Å². The molecule has 0 bridgehead atoms. The molecule has 3 atom stereocenters. The monoisotopic (exact) mass is 507 g/mol. The van der Waals surface area contributed by atoms with Crippen LogP contribution in [0.4, 0.5) is 0 Å². The Kier molecular flexibility index (Phi) is 6.92. The number of amides is 2. The maximum Gasteiger partial charge on any atom is 0.352 e. The maximum absolute atomic E-state index is 13.0. The zero-order valence-electron chi connectivity index (χ0n) is 18.2. The lowest BCUT2D eigenvalue weighted by molar-refractivity contribution is -0.155. The van der Waals surface area contributed by atoms with Crippen LogP contribution in [0.5, 0.6) is 0 Å². The Labute approximate surface area is 201 Å². The summed E-state index contributed by atoms with van der Waals surface area (Å²) in [5, 5.41) is 23.5. The van der Waals surface area contributed by atoms with Crippen LogP contribution in [0.15, 0.2) is 41.0 Å². The van der Waals surface area contributed by atoms with E-state index in [9.17, 15) is 24.3 Å². The summed E-state index contributed by atoms with van der Waals surface area (Å²) < 4.78 is 7.88. The van der Waals surface area contributed by atoms with Gasteiger partial charge in [-0.15, -0.1) is 16.9 Å². The number of aromatic nitrogens is 5. The van der Waals surface area contributed by atoms with E-state index in [0.717, 1.165) is 0 Å². The number of hydrogen-bond acceptors (Lipinski definition) is 10. The van der Waals surface area contributed by atoms with Crippen molar-refractivity contribution in [2.45, 2.75) is 29.5 Å². The number of carbonyl (C=O) groups is 4. The summed E-state index contributed by atoms with van der Waals surface area (Å²) in [5.74, 6) is -2.60. The predicted molar refractivity (Wildman–Crippen MR) is 119 cm³/mol. The Bertz CT molecular complexity index is 1150.